The Morgan fingerprint density at radius 1 is 1.12 bits per heavy atom. The molecule has 0 saturated carbocycles. The molecule has 1 unspecified atom stereocenters. The van der Waals surface area contributed by atoms with Crippen molar-refractivity contribution in [2.75, 3.05) is 19.8 Å². The summed E-state index contributed by atoms with van der Waals surface area (Å²) in [6, 6.07) is 19.5. The Bertz CT molecular complexity index is 917. The molecule has 1 aliphatic rings. The zero-order valence-electron chi connectivity index (χ0n) is 14.2. The molecule has 1 saturated heterocycles. The first-order valence-electron chi connectivity index (χ1n) is 8.54. The molecule has 0 aliphatic carbocycles. The van der Waals surface area contributed by atoms with Crippen molar-refractivity contribution in [2.24, 2.45) is 0 Å². The summed E-state index contributed by atoms with van der Waals surface area (Å²) >= 11 is 0. The summed E-state index contributed by atoms with van der Waals surface area (Å²) in [5.41, 5.74) is 2.60. The predicted molar refractivity (Wildman–Crippen MR) is 94.9 cm³/mol. The second-order valence-corrected chi connectivity index (χ2v) is 6.15. The zero-order chi connectivity index (χ0) is 17.8. The molecule has 1 aromatic heterocycles. The molecule has 0 radical (unpaired) electrons. The van der Waals surface area contributed by atoms with Gasteiger partial charge in [0.05, 0.1) is 24.8 Å². The molecule has 1 aliphatic heterocycles. The SMILES string of the molecule is N#Cc1ccccc1CN1CCOCC1c1nc(-c2ccccc2)no1. The third kappa shape index (κ3) is 3.36. The van der Waals surface area contributed by atoms with E-state index in [4.69, 9.17) is 9.26 Å². The molecule has 0 spiro atoms. The Hall–Kier alpha value is -3.01. The van der Waals surface area contributed by atoms with Gasteiger partial charge in [-0.05, 0) is 11.6 Å². The van der Waals surface area contributed by atoms with Crippen molar-refractivity contribution in [3.05, 3.63) is 71.6 Å². The maximum atomic E-state index is 9.33. The molecule has 0 bridgehead atoms. The molecule has 6 heteroatoms. The van der Waals surface area contributed by atoms with E-state index in [-0.39, 0.29) is 6.04 Å². The summed E-state index contributed by atoms with van der Waals surface area (Å²) in [4.78, 5) is 6.80. The smallest absolute Gasteiger partial charge is 0.246 e. The topological polar surface area (TPSA) is 75.2 Å². The van der Waals surface area contributed by atoms with Crippen LogP contribution in [0, 0.1) is 11.3 Å². The lowest BCUT2D eigenvalue weighted by Gasteiger charge is -2.33. The Balaban J connectivity index is 1.58. The summed E-state index contributed by atoms with van der Waals surface area (Å²) in [6.45, 7) is 2.52. The molecular weight excluding hydrogens is 328 g/mol. The molecule has 1 fully saturated rings. The third-order valence-corrected chi connectivity index (χ3v) is 4.51. The van der Waals surface area contributed by atoms with E-state index in [2.05, 4.69) is 21.1 Å². The lowest BCUT2D eigenvalue weighted by molar-refractivity contribution is -0.0241. The van der Waals surface area contributed by atoms with Crippen LogP contribution in [-0.4, -0.2) is 34.8 Å². The van der Waals surface area contributed by atoms with E-state index in [1.165, 1.54) is 0 Å². The second kappa shape index (κ2) is 7.48. The summed E-state index contributed by atoms with van der Waals surface area (Å²) in [6.07, 6.45) is 0. The van der Waals surface area contributed by atoms with Crippen LogP contribution in [0.4, 0.5) is 0 Å². The number of nitrogens with zero attached hydrogens (tertiary/aromatic N) is 4. The number of rotatable bonds is 4. The Morgan fingerprint density at radius 3 is 2.77 bits per heavy atom. The quantitative estimate of drug-likeness (QED) is 0.722. The highest BCUT2D eigenvalue weighted by Crippen LogP contribution is 2.27. The van der Waals surface area contributed by atoms with Crippen molar-refractivity contribution in [1.29, 1.82) is 5.26 Å². The monoisotopic (exact) mass is 346 g/mol. The highest BCUT2D eigenvalue weighted by atomic mass is 16.5. The summed E-state index contributed by atoms with van der Waals surface area (Å²) < 4.78 is 11.2. The van der Waals surface area contributed by atoms with E-state index in [1.54, 1.807) is 0 Å². The summed E-state index contributed by atoms with van der Waals surface area (Å²) in [5.74, 6) is 1.11. The first-order chi connectivity index (χ1) is 12.8. The molecule has 6 nitrogen and oxygen atoms in total. The van der Waals surface area contributed by atoms with Crippen LogP contribution in [0.3, 0.4) is 0 Å². The van der Waals surface area contributed by atoms with Crippen molar-refractivity contribution < 1.29 is 9.26 Å². The highest BCUT2D eigenvalue weighted by Gasteiger charge is 2.30. The average Bonchev–Trinajstić information content (AvgIpc) is 3.19. The van der Waals surface area contributed by atoms with Crippen molar-refractivity contribution in [3.63, 3.8) is 0 Å². The minimum Gasteiger partial charge on any atom is -0.378 e. The van der Waals surface area contributed by atoms with Gasteiger partial charge in [0, 0.05) is 18.7 Å². The first-order valence-corrected chi connectivity index (χ1v) is 8.54. The van der Waals surface area contributed by atoms with Crippen LogP contribution in [0.5, 0.6) is 0 Å². The van der Waals surface area contributed by atoms with Crippen molar-refractivity contribution in [2.45, 2.75) is 12.6 Å². The van der Waals surface area contributed by atoms with Crippen LogP contribution >= 0.6 is 0 Å². The second-order valence-electron chi connectivity index (χ2n) is 6.15. The van der Waals surface area contributed by atoms with Gasteiger partial charge in [-0.2, -0.15) is 10.2 Å². The van der Waals surface area contributed by atoms with E-state index >= 15 is 0 Å². The van der Waals surface area contributed by atoms with Crippen LogP contribution in [-0.2, 0) is 11.3 Å². The van der Waals surface area contributed by atoms with E-state index in [0.717, 1.165) is 17.7 Å². The van der Waals surface area contributed by atoms with Gasteiger partial charge in [-0.1, -0.05) is 53.7 Å². The summed E-state index contributed by atoms with van der Waals surface area (Å²) in [7, 11) is 0. The van der Waals surface area contributed by atoms with Crippen LogP contribution in [0.15, 0.2) is 59.1 Å². The highest BCUT2D eigenvalue weighted by molar-refractivity contribution is 5.53. The maximum Gasteiger partial charge on any atom is 0.246 e. The fraction of sp³-hybridized carbons (Fsp3) is 0.250. The normalized spacial score (nSPS) is 17.7. The largest absolute Gasteiger partial charge is 0.378 e. The fourth-order valence-corrected chi connectivity index (χ4v) is 3.12. The minimum atomic E-state index is -0.125. The van der Waals surface area contributed by atoms with Gasteiger partial charge >= 0.3 is 0 Å². The number of hydrogen-bond donors (Lipinski definition) is 0. The molecule has 0 amide bonds. The van der Waals surface area contributed by atoms with Crippen LogP contribution in [0.1, 0.15) is 23.1 Å². The molecule has 4 rings (SSSR count). The van der Waals surface area contributed by atoms with E-state index in [1.807, 2.05) is 54.6 Å². The van der Waals surface area contributed by atoms with Crippen molar-refractivity contribution in [3.8, 4) is 17.5 Å². The zero-order valence-corrected chi connectivity index (χ0v) is 14.2. The van der Waals surface area contributed by atoms with Gasteiger partial charge in [-0.25, -0.2) is 0 Å². The van der Waals surface area contributed by atoms with Crippen molar-refractivity contribution in [1.82, 2.24) is 15.0 Å². The van der Waals surface area contributed by atoms with E-state index in [0.29, 0.717) is 37.0 Å². The van der Waals surface area contributed by atoms with Gasteiger partial charge < -0.3 is 9.26 Å². The summed E-state index contributed by atoms with van der Waals surface area (Å²) in [5, 5.41) is 13.4. The van der Waals surface area contributed by atoms with E-state index in [9.17, 15) is 5.26 Å². The lowest BCUT2D eigenvalue weighted by Crippen LogP contribution is -2.39. The van der Waals surface area contributed by atoms with E-state index < -0.39 is 0 Å². The minimum absolute atomic E-state index is 0.125. The molecule has 2 aromatic carbocycles. The fourth-order valence-electron chi connectivity index (χ4n) is 3.12. The van der Waals surface area contributed by atoms with Gasteiger partial charge in [-0.15, -0.1) is 0 Å². The molecule has 0 N–H and O–H groups in total. The molecule has 130 valence electrons. The number of ether oxygens (including phenoxy) is 1. The Morgan fingerprint density at radius 2 is 1.92 bits per heavy atom. The van der Waals surface area contributed by atoms with Gasteiger partial charge in [0.2, 0.25) is 11.7 Å². The number of morpholine rings is 1. The number of nitriles is 1. The predicted octanol–water partition coefficient (Wildman–Crippen LogP) is 3.18. The molecule has 26 heavy (non-hydrogen) atoms. The van der Waals surface area contributed by atoms with Crippen molar-refractivity contribution >= 4 is 0 Å². The maximum absolute atomic E-state index is 9.33. The molecule has 1 atom stereocenters. The van der Waals surface area contributed by atoms with Crippen LogP contribution < -0.4 is 0 Å². The van der Waals surface area contributed by atoms with Crippen LogP contribution in [0.2, 0.25) is 0 Å². The number of aromatic nitrogens is 2. The lowest BCUT2D eigenvalue weighted by atomic mass is 10.1. The molecule has 3 aromatic rings. The third-order valence-electron chi connectivity index (χ3n) is 4.51. The molecule has 2 heterocycles. The number of benzene rings is 2. The van der Waals surface area contributed by atoms with Gasteiger partial charge in [0.15, 0.2) is 0 Å². The Labute approximate surface area is 151 Å². The number of hydrogen-bond acceptors (Lipinski definition) is 6. The average molecular weight is 346 g/mol. The Kier molecular flexibility index (Phi) is 4.73. The van der Waals surface area contributed by atoms with Gasteiger partial charge in [0.1, 0.15) is 6.04 Å². The van der Waals surface area contributed by atoms with Crippen LogP contribution in [0.25, 0.3) is 11.4 Å². The first kappa shape index (κ1) is 16.5. The van der Waals surface area contributed by atoms with Gasteiger partial charge in [0.25, 0.3) is 0 Å². The van der Waals surface area contributed by atoms with Gasteiger partial charge in [-0.3, -0.25) is 4.90 Å². The molecular formula is C20H18N4O2. The standard InChI is InChI=1S/C20H18N4O2/c21-12-16-8-4-5-9-17(16)13-24-10-11-25-14-18(24)20-22-19(23-26-20)15-6-2-1-3-7-15/h1-9,18H,10-11,13-14H2.